The Labute approximate surface area is 143 Å². The monoisotopic (exact) mass is 326 g/mol. The lowest BCUT2D eigenvalue weighted by atomic mass is 10.1. The van der Waals surface area contributed by atoms with Crippen molar-refractivity contribution in [2.45, 2.75) is 58.9 Å². The van der Waals surface area contributed by atoms with Crippen LogP contribution in [0.5, 0.6) is 0 Å². The van der Waals surface area contributed by atoms with E-state index in [0.717, 1.165) is 45.4 Å². The average molecular weight is 327 g/mol. The molecule has 1 heterocycles. The van der Waals surface area contributed by atoms with Gasteiger partial charge in [-0.3, -0.25) is 9.89 Å². The van der Waals surface area contributed by atoms with Gasteiger partial charge in [-0.2, -0.15) is 0 Å². The highest BCUT2D eigenvalue weighted by molar-refractivity contribution is 5.79. The number of rotatable bonds is 10. The molecular weight excluding hydrogens is 288 g/mol. The van der Waals surface area contributed by atoms with Crippen molar-refractivity contribution in [3.63, 3.8) is 0 Å². The minimum absolute atomic E-state index is 0.479. The smallest absolute Gasteiger partial charge is 0.191 e. The molecule has 0 aliphatic carbocycles. The third-order valence-electron chi connectivity index (χ3n) is 4.39. The molecule has 0 aromatic carbocycles. The Morgan fingerprint density at radius 3 is 2.57 bits per heavy atom. The topological polar surface area (TPSA) is 48.9 Å². The van der Waals surface area contributed by atoms with E-state index in [1.54, 1.807) is 0 Å². The van der Waals surface area contributed by atoms with Crippen molar-refractivity contribution in [2.75, 3.05) is 46.4 Å². The normalized spacial score (nSPS) is 19.4. The number of ether oxygens (including phenoxy) is 1. The van der Waals surface area contributed by atoms with Crippen molar-refractivity contribution in [3.05, 3.63) is 0 Å². The zero-order valence-electron chi connectivity index (χ0n) is 15.7. The molecule has 0 aromatic heterocycles. The summed E-state index contributed by atoms with van der Waals surface area (Å²) >= 11 is 0. The first-order valence-electron chi connectivity index (χ1n) is 9.43. The van der Waals surface area contributed by atoms with Gasteiger partial charge in [0.05, 0.1) is 13.2 Å². The second-order valence-electron chi connectivity index (χ2n) is 6.87. The van der Waals surface area contributed by atoms with E-state index in [9.17, 15) is 0 Å². The van der Waals surface area contributed by atoms with E-state index < -0.39 is 0 Å². The Bertz CT molecular complexity index is 316. The highest BCUT2D eigenvalue weighted by Gasteiger charge is 2.14. The molecule has 1 saturated heterocycles. The van der Waals surface area contributed by atoms with Gasteiger partial charge in [-0.15, -0.1) is 0 Å². The number of hydrogen-bond donors (Lipinski definition) is 2. The number of unbranched alkanes of at least 4 members (excludes halogenated alkanes) is 3. The molecule has 1 aliphatic heterocycles. The summed E-state index contributed by atoms with van der Waals surface area (Å²) in [6.45, 7) is 12.8. The van der Waals surface area contributed by atoms with E-state index in [1.807, 2.05) is 7.05 Å². The molecule has 5 nitrogen and oxygen atoms in total. The van der Waals surface area contributed by atoms with Gasteiger partial charge in [-0.1, -0.05) is 39.5 Å². The van der Waals surface area contributed by atoms with Gasteiger partial charge in [-0.05, 0) is 19.3 Å². The minimum Gasteiger partial charge on any atom is -0.379 e. The Hall–Kier alpha value is -0.810. The van der Waals surface area contributed by atoms with Crippen LogP contribution < -0.4 is 10.6 Å². The Morgan fingerprint density at radius 2 is 1.91 bits per heavy atom. The van der Waals surface area contributed by atoms with Crippen molar-refractivity contribution in [3.8, 4) is 0 Å². The van der Waals surface area contributed by atoms with Gasteiger partial charge in [0.2, 0.25) is 0 Å². The summed E-state index contributed by atoms with van der Waals surface area (Å²) in [6, 6.07) is 0.479. The SMILES string of the molecule is CCCCCCC(C)NC(=NC)NCC(C)CN1CCOCC1. The molecule has 0 saturated carbocycles. The molecule has 2 N–H and O–H groups in total. The average Bonchev–Trinajstić information content (AvgIpc) is 2.56. The summed E-state index contributed by atoms with van der Waals surface area (Å²) in [5.74, 6) is 1.54. The quantitative estimate of drug-likeness (QED) is 0.368. The number of nitrogens with one attached hydrogen (secondary N) is 2. The standard InChI is InChI=1S/C18H38N4O/c1-5-6-7-8-9-17(3)21-18(19-4)20-14-16(2)15-22-10-12-23-13-11-22/h16-17H,5-15H2,1-4H3,(H2,19,20,21). The lowest BCUT2D eigenvalue weighted by Crippen LogP contribution is -2.46. The van der Waals surface area contributed by atoms with Gasteiger partial charge >= 0.3 is 0 Å². The van der Waals surface area contributed by atoms with Crippen LogP contribution in [0.25, 0.3) is 0 Å². The predicted octanol–water partition coefficient (Wildman–Crippen LogP) is 2.48. The molecule has 0 spiro atoms. The van der Waals surface area contributed by atoms with Gasteiger partial charge in [0.25, 0.3) is 0 Å². The van der Waals surface area contributed by atoms with Gasteiger partial charge in [-0.25, -0.2) is 0 Å². The molecule has 0 bridgehead atoms. The summed E-state index contributed by atoms with van der Waals surface area (Å²) in [4.78, 5) is 6.84. The van der Waals surface area contributed by atoms with Crippen molar-refractivity contribution in [1.29, 1.82) is 0 Å². The van der Waals surface area contributed by atoms with Crippen LogP contribution in [0.1, 0.15) is 52.9 Å². The summed E-state index contributed by atoms with van der Waals surface area (Å²) in [6.07, 6.45) is 6.49. The molecule has 0 radical (unpaired) electrons. The number of hydrogen-bond acceptors (Lipinski definition) is 3. The largest absolute Gasteiger partial charge is 0.379 e. The van der Waals surface area contributed by atoms with Crippen LogP contribution in [0.15, 0.2) is 4.99 Å². The maximum absolute atomic E-state index is 5.40. The van der Waals surface area contributed by atoms with E-state index >= 15 is 0 Å². The first-order valence-corrected chi connectivity index (χ1v) is 9.43. The van der Waals surface area contributed by atoms with Crippen molar-refractivity contribution in [2.24, 2.45) is 10.9 Å². The molecule has 23 heavy (non-hydrogen) atoms. The molecule has 0 amide bonds. The zero-order valence-corrected chi connectivity index (χ0v) is 15.7. The van der Waals surface area contributed by atoms with E-state index in [0.29, 0.717) is 12.0 Å². The highest BCUT2D eigenvalue weighted by Crippen LogP contribution is 2.05. The molecule has 1 aliphatic rings. The fourth-order valence-corrected chi connectivity index (χ4v) is 2.94. The summed E-state index contributed by atoms with van der Waals surface area (Å²) < 4.78 is 5.40. The van der Waals surface area contributed by atoms with Crippen molar-refractivity contribution < 1.29 is 4.74 Å². The lowest BCUT2D eigenvalue weighted by Gasteiger charge is -2.29. The van der Waals surface area contributed by atoms with Crippen LogP contribution >= 0.6 is 0 Å². The van der Waals surface area contributed by atoms with Gasteiger partial charge in [0.1, 0.15) is 0 Å². The van der Waals surface area contributed by atoms with Crippen LogP contribution in [-0.4, -0.2) is 63.3 Å². The second kappa shape index (κ2) is 12.6. The van der Waals surface area contributed by atoms with Crippen LogP contribution in [-0.2, 0) is 4.74 Å². The molecule has 1 rings (SSSR count). The molecular formula is C18H38N4O. The Morgan fingerprint density at radius 1 is 1.17 bits per heavy atom. The van der Waals surface area contributed by atoms with Crippen LogP contribution in [0.4, 0.5) is 0 Å². The Balaban J connectivity index is 2.16. The molecule has 136 valence electrons. The lowest BCUT2D eigenvalue weighted by molar-refractivity contribution is 0.0320. The zero-order chi connectivity index (χ0) is 16.9. The first kappa shape index (κ1) is 20.2. The molecule has 2 unspecified atom stereocenters. The number of guanidine groups is 1. The maximum atomic E-state index is 5.40. The van der Waals surface area contributed by atoms with Crippen LogP contribution in [0, 0.1) is 5.92 Å². The van der Waals surface area contributed by atoms with E-state index in [-0.39, 0.29) is 0 Å². The number of aliphatic imine (C=N–C) groups is 1. The van der Waals surface area contributed by atoms with Crippen LogP contribution in [0.2, 0.25) is 0 Å². The number of nitrogens with zero attached hydrogens (tertiary/aromatic N) is 2. The predicted molar refractivity (Wildman–Crippen MR) is 99.1 cm³/mol. The molecule has 5 heteroatoms. The Kier molecular flexibility index (Phi) is 11.1. The van der Waals surface area contributed by atoms with Gasteiger partial charge < -0.3 is 15.4 Å². The fraction of sp³-hybridized carbons (Fsp3) is 0.944. The third-order valence-corrected chi connectivity index (χ3v) is 4.39. The number of morpholine rings is 1. The minimum atomic E-state index is 0.479. The van der Waals surface area contributed by atoms with Crippen molar-refractivity contribution in [1.82, 2.24) is 15.5 Å². The fourth-order valence-electron chi connectivity index (χ4n) is 2.94. The summed E-state index contributed by atoms with van der Waals surface area (Å²) in [7, 11) is 1.85. The summed E-state index contributed by atoms with van der Waals surface area (Å²) in [5, 5.41) is 6.98. The summed E-state index contributed by atoms with van der Waals surface area (Å²) in [5.41, 5.74) is 0. The van der Waals surface area contributed by atoms with Crippen LogP contribution in [0.3, 0.4) is 0 Å². The third kappa shape index (κ3) is 9.82. The van der Waals surface area contributed by atoms with E-state index in [4.69, 9.17) is 4.74 Å². The van der Waals surface area contributed by atoms with Crippen molar-refractivity contribution >= 4 is 5.96 Å². The molecule has 2 atom stereocenters. The van der Waals surface area contributed by atoms with E-state index in [1.165, 1.54) is 32.1 Å². The second-order valence-corrected chi connectivity index (χ2v) is 6.87. The van der Waals surface area contributed by atoms with E-state index in [2.05, 4.69) is 41.3 Å². The first-order chi connectivity index (χ1) is 11.2. The molecule has 0 aromatic rings. The molecule has 1 fully saturated rings. The van der Waals surface area contributed by atoms with Gasteiger partial charge in [0.15, 0.2) is 5.96 Å². The maximum Gasteiger partial charge on any atom is 0.191 e. The van der Waals surface area contributed by atoms with Gasteiger partial charge in [0, 0.05) is 39.3 Å². The highest BCUT2D eigenvalue weighted by atomic mass is 16.5.